The van der Waals surface area contributed by atoms with Crippen LogP contribution in [0.15, 0.2) is 0 Å². The van der Waals surface area contributed by atoms with E-state index in [1.54, 1.807) is 0 Å². The van der Waals surface area contributed by atoms with E-state index in [1.165, 1.54) is 13.5 Å². The first kappa shape index (κ1) is 9.97. The second-order valence-electron chi connectivity index (χ2n) is 4.73. The number of carbonyl (C=O) groups excluding carboxylic acids is 1. The molecule has 3 nitrogen and oxygen atoms in total. The lowest BCUT2D eigenvalue weighted by Crippen LogP contribution is -2.45. The first-order chi connectivity index (χ1) is 6.72. The minimum atomic E-state index is -0.00778. The molecule has 2 aliphatic carbocycles. The van der Waals surface area contributed by atoms with Crippen LogP contribution in [0.4, 0.5) is 0 Å². The smallest absolute Gasteiger partial charge is 0.309 e. The van der Waals surface area contributed by atoms with Gasteiger partial charge in [0.05, 0.1) is 13.0 Å². The molecule has 0 aromatic heterocycles. The average Bonchev–Trinajstić information content (AvgIpc) is 2.15. The highest BCUT2D eigenvalue weighted by atomic mass is 16.5. The first-order valence-corrected chi connectivity index (χ1v) is 5.55. The molecule has 0 heterocycles. The molecule has 2 atom stereocenters. The highest BCUT2D eigenvalue weighted by Crippen LogP contribution is 2.44. The molecular formula is C11H19NO2. The van der Waals surface area contributed by atoms with Crippen LogP contribution in [0.2, 0.25) is 0 Å². The van der Waals surface area contributed by atoms with E-state index in [0.717, 1.165) is 25.7 Å². The summed E-state index contributed by atoms with van der Waals surface area (Å²) in [6.07, 6.45) is 5.59. The summed E-state index contributed by atoms with van der Waals surface area (Å²) in [4.78, 5) is 11.6. The Morgan fingerprint density at radius 1 is 1.29 bits per heavy atom. The van der Waals surface area contributed by atoms with Crippen molar-refractivity contribution in [3.63, 3.8) is 0 Å². The molecule has 0 amide bonds. The molecule has 2 unspecified atom stereocenters. The fourth-order valence-electron chi connectivity index (χ4n) is 3.31. The van der Waals surface area contributed by atoms with Gasteiger partial charge in [-0.25, -0.2) is 0 Å². The highest BCUT2D eigenvalue weighted by molar-refractivity contribution is 5.73. The number of rotatable bonds is 1. The van der Waals surface area contributed by atoms with Crippen LogP contribution in [-0.2, 0) is 9.53 Å². The Hall–Kier alpha value is -0.570. The van der Waals surface area contributed by atoms with Gasteiger partial charge in [-0.3, -0.25) is 4.79 Å². The van der Waals surface area contributed by atoms with Crippen LogP contribution in [0, 0.1) is 17.8 Å². The topological polar surface area (TPSA) is 52.3 Å². The first-order valence-electron chi connectivity index (χ1n) is 5.55. The van der Waals surface area contributed by atoms with Gasteiger partial charge in [-0.2, -0.15) is 0 Å². The lowest BCUT2D eigenvalue weighted by atomic mass is 9.63. The molecule has 0 saturated heterocycles. The molecule has 0 aromatic rings. The molecule has 14 heavy (non-hydrogen) atoms. The Morgan fingerprint density at radius 2 is 1.86 bits per heavy atom. The summed E-state index contributed by atoms with van der Waals surface area (Å²) in [5.74, 6) is 1.12. The molecule has 0 radical (unpaired) electrons. The summed E-state index contributed by atoms with van der Waals surface area (Å²) in [5.41, 5.74) is 5.98. The number of hydrogen-bond donors (Lipinski definition) is 1. The molecule has 2 N–H and O–H groups in total. The Balaban J connectivity index is 2.12. The number of methoxy groups -OCH3 is 1. The average molecular weight is 197 g/mol. The number of carbonyl (C=O) groups is 1. The Bertz CT molecular complexity index is 215. The van der Waals surface area contributed by atoms with Crippen LogP contribution >= 0.6 is 0 Å². The van der Waals surface area contributed by atoms with Crippen LogP contribution in [0.5, 0.6) is 0 Å². The normalized spacial score (nSPS) is 41.9. The quantitative estimate of drug-likeness (QED) is 0.645. The lowest BCUT2D eigenvalue weighted by molar-refractivity contribution is -0.153. The van der Waals surface area contributed by atoms with Crippen LogP contribution in [-0.4, -0.2) is 19.1 Å². The molecule has 0 aromatic carbocycles. The summed E-state index contributed by atoms with van der Waals surface area (Å²) in [7, 11) is 1.49. The predicted molar refractivity (Wildman–Crippen MR) is 53.5 cm³/mol. The third-order valence-corrected chi connectivity index (χ3v) is 3.85. The summed E-state index contributed by atoms with van der Waals surface area (Å²) in [5, 5.41) is 0. The monoisotopic (exact) mass is 197 g/mol. The third kappa shape index (κ3) is 1.65. The van der Waals surface area contributed by atoms with Gasteiger partial charge < -0.3 is 10.5 Å². The van der Waals surface area contributed by atoms with Crippen molar-refractivity contribution >= 4 is 5.97 Å². The Morgan fingerprint density at radius 3 is 2.36 bits per heavy atom. The van der Waals surface area contributed by atoms with Crippen LogP contribution in [0.3, 0.4) is 0 Å². The Labute approximate surface area is 85.0 Å². The standard InChI is InChI=1S/C11H19NO2/c1-14-11(13)10-7-3-2-4-8(10)6-9(12)5-7/h7-10H,2-6,12H2,1H3. The van der Waals surface area contributed by atoms with Crippen molar-refractivity contribution in [2.45, 2.75) is 38.1 Å². The Kier molecular flexibility index (Phi) is 2.77. The molecule has 3 heteroatoms. The fourth-order valence-corrected chi connectivity index (χ4v) is 3.31. The molecule has 2 bridgehead atoms. The van der Waals surface area contributed by atoms with Gasteiger partial charge in [-0.1, -0.05) is 6.42 Å². The van der Waals surface area contributed by atoms with Crippen LogP contribution < -0.4 is 5.73 Å². The molecule has 2 fully saturated rings. The van der Waals surface area contributed by atoms with E-state index in [0.29, 0.717) is 17.9 Å². The second kappa shape index (κ2) is 3.89. The van der Waals surface area contributed by atoms with Crippen molar-refractivity contribution in [1.82, 2.24) is 0 Å². The van der Waals surface area contributed by atoms with Gasteiger partial charge in [-0.15, -0.1) is 0 Å². The summed E-state index contributed by atoms with van der Waals surface area (Å²) >= 11 is 0. The minimum absolute atomic E-state index is 0.00778. The third-order valence-electron chi connectivity index (χ3n) is 3.85. The van der Waals surface area contributed by atoms with Crippen molar-refractivity contribution in [2.24, 2.45) is 23.5 Å². The number of fused-ring (bicyclic) bond motifs is 2. The zero-order valence-electron chi connectivity index (χ0n) is 8.74. The van der Waals surface area contributed by atoms with E-state index < -0.39 is 0 Å². The summed E-state index contributed by atoms with van der Waals surface area (Å²) in [6.45, 7) is 0. The predicted octanol–water partition coefficient (Wildman–Crippen LogP) is 1.31. The van der Waals surface area contributed by atoms with E-state index in [-0.39, 0.29) is 11.9 Å². The van der Waals surface area contributed by atoms with E-state index in [4.69, 9.17) is 10.5 Å². The van der Waals surface area contributed by atoms with E-state index in [9.17, 15) is 4.79 Å². The van der Waals surface area contributed by atoms with E-state index in [1.807, 2.05) is 0 Å². The maximum atomic E-state index is 11.6. The van der Waals surface area contributed by atoms with Gasteiger partial charge in [0.1, 0.15) is 0 Å². The number of hydrogen-bond acceptors (Lipinski definition) is 3. The zero-order valence-corrected chi connectivity index (χ0v) is 8.74. The molecule has 80 valence electrons. The van der Waals surface area contributed by atoms with Crippen molar-refractivity contribution < 1.29 is 9.53 Å². The highest BCUT2D eigenvalue weighted by Gasteiger charge is 2.43. The summed E-state index contributed by atoms with van der Waals surface area (Å²) < 4.78 is 4.88. The molecular weight excluding hydrogens is 178 g/mol. The van der Waals surface area contributed by atoms with E-state index >= 15 is 0 Å². The molecule has 0 aliphatic heterocycles. The number of ether oxygens (including phenoxy) is 1. The van der Waals surface area contributed by atoms with Crippen LogP contribution in [0.1, 0.15) is 32.1 Å². The van der Waals surface area contributed by atoms with Crippen molar-refractivity contribution in [3.05, 3.63) is 0 Å². The number of esters is 1. The van der Waals surface area contributed by atoms with Gasteiger partial charge in [-0.05, 0) is 37.5 Å². The maximum absolute atomic E-state index is 11.6. The molecule has 2 aliphatic rings. The van der Waals surface area contributed by atoms with Gasteiger partial charge in [0.25, 0.3) is 0 Å². The van der Waals surface area contributed by atoms with Crippen molar-refractivity contribution in [3.8, 4) is 0 Å². The lowest BCUT2D eigenvalue weighted by Gasteiger charge is -2.43. The zero-order chi connectivity index (χ0) is 10.1. The van der Waals surface area contributed by atoms with Gasteiger partial charge >= 0.3 is 5.97 Å². The summed E-state index contributed by atoms with van der Waals surface area (Å²) in [6, 6.07) is 0.311. The van der Waals surface area contributed by atoms with Crippen molar-refractivity contribution in [1.29, 1.82) is 0 Å². The molecule has 2 saturated carbocycles. The van der Waals surface area contributed by atoms with E-state index in [2.05, 4.69) is 0 Å². The SMILES string of the molecule is COC(=O)C1C2CCCC1CC(N)C2. The maximum Gasteiger partial charge on any atom is 0.309 e. The number of nitrogens with two attached hydrogens (primary N) is 1. The minimum Gasteiger partial charge on any atom is -0.469 e. The largest absolute Gasteiger partial charge is 0.469 e. The second-order valence-corrected chi connectivity index (χ2v) is 4.73. The fraction of sp³-hybridized carbons (Fsp3) is 0.909. The van der Waals surface area contributed by atoms with Gasteiger partial charge in [0.2, 0.25) is 0 Å². The van der Waals surface area contributed by atoms with Crippen molar-refractivity contribution in [2.75, 3.05) is 7.11 Å². The molecule has 0 spiro atoms. The van der Waals surface area contributed by atoms with Gasteiger partial charge in [0, 0.05) is 6.04 Å². The van der Waals surface area contributed by atoms with Crippen LogP contribution in [0.25, 0.3) is 0 Å². The van der Waals surface area contributed by atoms with Gasteiger partial charge in [0.15, 0.2) is 0 Å². The molecule has 2 rings (SSSR count).